The predicted octanol–water partition coefficient (Wildman–Crippen LogP) is 4.90. The molecule has 2 aromatic rings. The lowest BCUT2D eigenvalue weighted by molar-refractivity contribution is -0.138. The maximum atomic E-state index is 13.0. The van der Waals surface area contributed by atoms with E-state index >= 15 is 0 Å². The molecule has 0 spiro atoms. The molecule has 0 saturated carbocycles. The monoisotopic (exact) mass is 365 g/mol. The van der Waals surface area contributed by atoms with Gasteiger partial charge in [0, 0.05) is 6.54 Å². The van der Waals surface area contributed by atoms with E-state index in [1.165, 1.54) is 12.1 Å². The molecule has 2 aromatic carbocycles. The minimum atomic E-state index is -4.60. The molecule has 0 bridgehead atoms. The molecule has 0 amide bonds. The summed E-state index contributed by atoms with van der Waals surface area (Å²) in [7, 11) is 0. The third kappa shape index (κ3) is 5.33. The molecule has 26 heavy (non-hydrogen) atoms. The van der Waals surface area contributed by atoms with Gasteiger partial charge in [-0.15, -0.1) is 0 Å². The number of ether oxygens (including phenoxy) is 1. The number of halogens is 3. The summed E-state index contributed by atoms with van der Waals surface area (Å²) in [6.45, 7) is 6.85. The molecular formula is C20H22F3NO2. The van der Waals surface area contributed by atoms with E-state index in [-0.39, 0.29) is 6.61 Å². The summed E-state index contributed by atoms with van der Waals surface area (Å²) in [4.78, 5) is 14.3. The minimum Gasteiger partial charge on any atom is -0.457 e. The van der Waals surface area contributed by atoms with Gasteiger partial charge in [-0.1, -0.05) is 50.2 Å². The van der Waals surface area contributed by atoms with Crippen LogP contribution >= 0.6 is 0 Å². The normalized spacial score (nSPS) is 11.6. The van der Waals surface area contributed by atoms with Gasteiger partial charge in [-0.3, -0.25) is 4.90 Å². The van der Waals surface area contributed by atoms with Gasteiger partial charge in [0.1, 0.15) is 6.61 Å². The lowest BCUT2D eigenvalue weighted by Gasteiger charge is -2.18. The Labute approximate surface area is 151 Å². The van der Waals surface area contributed by atoms with Crippen LogP contribution in [0.4, 0.5) is 13.2 Å². The molecule has 140 valence electrons. The van der Waals surface area contributed by atoms with Crippen molar-refractivity contribution in [1.82, 2.24) is 4.90 Å². The van der Waals surface area contributed by atoms with Crippen molar-refractivity contribution in [2.45, 2.75) is 33.2 Å². The number of esters is 1. The molecule has 0 aliphatic rings. The molecule has 0 fully saturated rings. The number of hydrogen-bond acceptors (Lipinski definition) is 3. The summed E-state index contributed by atoms with van der Waals surface area (Å²) in [5, 5.41) is 0. The second kappa shape index (κ2) is 8.85. The Morgan fingerprint density at radius 1 is 0.962 bits per heavy atom. The maximum Gasteiger partial charge on any atom is 0.417 e. The summed E-state index contributed by atoms with van der Waals surface area (Å²) in [6, 6.07) is 12.1. The van der Waals surface area contributed by atoms with Crippen molar-refractivity contribution < 1.29 is 22.7 Å². The molecule has 0 aliphatic carbocycles. The van der Waals surface area contributed by atoms with Crippen molar-refractivity contribution in [3.8, 4) is 0 Å². The van der Waals surface area contributed by atoms with Gasteiger partial charge in [0.25, 0.3) is 0 Å². The Hall–Kier alpha value is -2.34. The van der Waals surface area contributed by atoms with Crippen LogP contribution in [0.2, 0.25) is 0 Å². The Morgan fingerprint density at radius 2 is 1.54 bits per heavy atom. The van der Waals surface area contributed by atoms with Crippen LogP contribution < -0.4 is 0 Å². The topological polar surface area (TPSA) is 29.5 Å². The molecule has 0 atom stereocenters. The van der Waals surface area contributed by atoms with Gasteiger partial charge < -0.3 is 4.74 Å². The Morgan fingerprint density at radius 3 is 2.12 bits per heavy atom. The molecule has 0 N–H and O–H groups in total. The highest BCUT2D eigenvalue weighted by Crippen LogP contribution is 2.32. The van der Waals surface area contributed by atoms with Crippen molar-refractivity contribution in [3.63, 3.8) is 0 Å². The first-order chi connectivity index (χ1) is 12.3. The summed E-state index contributed by atoms with van der Waals surface area (Å²) in [5.41, 5.74) is 0.398. The molecule has 0 unspecified atom stereocenters. The molecule has 3 nitrogen and oxygen atoms in total. The molecule has 0 radical (unpaired) electrons. The average molecular weight is 365 g/mol. The van der Waals surface area contributed by atoms with Crippen molar-refractivity contribution >= 4 is 5.97 Å². The van der Waals surface area contributed by atoms with Crippen LogP contribution in [0.3, 0.4) is 0 Å². The number of carbonyl (C=O) groups is 1. The highest BCUT2D eigenvalue weighted by atomic mass is 19.4. The number of carbonyl (C=O) groups excluding carboxylic acids is 1. The van der Waals surface area contributed by atoms with E-state index < -0.39 is 23.3 Å². The van der Waals surface area contributed by atoms with Gasteiger partial charge in [0.2, 0.25) is 0 Å². The maximum absolute atomic E-state index is 13.0. The Bertz CT molecular complexity index is 723. The van der Waals surface area contributed by atoms with E-state index in [1.54, 1.807) is 0 Å². The van der Waals surface area contributed by atoms with Gasteiger partial charge in [-0.2, -0.15) is 13.2 Å². The zero-order chi connectivity index (χ0) is 19.2. The van der Waals surface area contributed by atoms with Crippen molar-refractivity contribution in [3.05, 3.63) is 70.8 Å². The van der Waals surface area contributed by atoms with E-state index in [2.05, 4.69) is 18.7 Å². The van der Waals surface area contributed by atoms with Crippen LogP contribution in [0.1, 0.15) is 40.9 Å². The molecule has 6 heteroatoms. The number of benzene rings is 2. The number of rotatable bonds is 7. The van der Waals surface area contributed by atoms with Crippen molar-refractivity contribution in [2.24, 2.45) is 0 Å². The zero-order valence-electron chi connectivity index (χ0n) is 14.8. The van der Waals surface area contributed by atoms with Crippen LogP contribution in [-0.4, -0.2) is 24.0 Å². The average Bonchev–Trinajstić information content (AvgIpc) is 2.64. The van der Waals surface area contributed by atoms with Crippen LogP contribution in [-0.2, 0) is 24.1 Å². The first-order valence-electron chi connectivity index (χ1n) is 8.48. The van der Waals surface area contributed by atoms with E-state index in [0.29, 0.717) is 0 Å². The lowest BCUT2D eigenvalue weighted by Crippen LogP contribution is -2.22. The highest BCUT2D eigenvalue weighted by Gasteiger charge is 2.35. The first kappa shape index (κ1) is 20.0. The second-order valence-electron chi connectivity index (χ2n) is 5.90. The second-order valence-corrected chi connectivity index (χ2v) is 5.90. The van der Waals surface area contributed by atoms with Crippen molar-refractivity contribution in [1.29, 1.82) is 0 Å². The van der Waals surface area contributed by atoms with Gasteiger partial charge in [-0.05, 0) is 36.3 Å². The summed E-state index contributed by atoms with van der Waals surface area (Å²) >= 11 is 0. The first-order valence-corrected chi connectivity index (χ1v) is 8.48. The van der Waals surface area contributed by atoms with Crippen LogP contribution in [0.15, 0.2) is 48.5 Å². The van der Waals surface area contributed by atoms with E-state index in [1.807, 2.05) is 24.3 Å². The minimum absolute atomic E-state index is 0.0728. The van der Waals surface area contributed by atoms with Crippen LogP contribution in [0, 0.1) is 0 Å². The van der Waals surface area contributed by atoms with E-state index in [4.69, 9.17) is 4.74 Å². The third-order valence-electron chi connectivity index (χ3n) is 4.15. The zero-order valence-corrected chi connectivity index (χ0v) is 14.8. The number of hydrogen-bond donors (Lipinski definition) is 0. The Kier molecular flexibility index (Phi) is 6.80. The van der Waals surface area contributed by atoms with Crippen LogP contribution in [0.25, 0.3) is 0 Å². The number of alkyl halides is 3. The standard InChI is InChI=1S/C20H22F3NO2/c1-3-24(4-2)13-15-9-11-16(12-10-15)14-26-19(25)17-7-5-6-8-18(17)20(21,22)23/h5-12H,3-4,13-14H2,1-2H3. The fourth-order valence-electron chi connectivity index (χ4n) is 2.58. The highest BCUT2D eigenvalue weighted by molar-refractivity contribution is 5.91. The fraction of sp³-hybridized carbons (Fsp3) is 0.350. The summed E-state index contributed by atoms with van der Waals surface area (Å²) < 4.78 is 44.0. The number of nitrogens with zero attached hydrogens (tertiary/aromatic N) is 1. The smallest absolute Gasteiger partial charge is 0.417 e. The third-order valence-corrected chi connectivity index (χ3v) is 4.15. The molecule has 0 saturated heterocycles. The summed E-state index contributed by atoms with van der Waals surface area (Å²) in [6.07, 6.45) is -4.60. The molecule has 0 aliphatic heterocycles. The SMILES string of the molecule is CCN(CC)Cc1ccc(COC(=O)c2ccccc2C(F)(F)F)cc1. The predicted molar refractivity (Wildman–Crippen MR) is 93.6 cm³/mol. The quantitative estimate of drug-likeness (QED) is 0.654. The van der Waals surface area contributed by atoms with Gasteiger partial charge in [-0.25, -0.2) is 4.79 Å². The molecule has 2 rings (SSSR count). The van der Waals surface area contributed by atoms with E-state index in [9.17, 15) is 18.0 Å². The lowest BCUT2D eigenvalue weighted by atomic mass is 10.1. The Balaban J connectivity index is 2.00. The van der Waals surface area contributed by atoms with Crippen molar-refractivity contribution in [2.75, 3.05) is 13.1 Å². The van der Waals surface area contributed by atoms with Gasteiger partial charge in [0.15, 0.2) is 0 Å². The van der Waals surface area contributed by atoms with Gasteiger partial charge >= 0.3 is 12.1 Å². The molecule has 0 aromatic heterocycles. The molecule has 0 heterocycles. The van der Waals surface area contributed by atoms with Gasteiger partial charge in [0.05, 0.1) is 11.1 Å². The largest absolute Gasteiger partial charge is 0.457 e. The fourth-order valence-corrected chi connectivity index (χ4v) is 2.58. The molecular weight excluding hydrogens is 343 g/mol. The van der Waals surface area contributed by atoms with Crippen LogP contribution in [0.5, 0.6) is 0 Å². The van der Waals surface area contributed by atoms with E-state index in [0.717, 1.165) is 42.9 Å². The summed E-state index contributed by atoms with van der Waals surface area (Å²) in [5.74, 6) is -0.981.